The van der Waals surface area contributed by atoms with E-state index in [2.05, 4.69) is 54.6 Å². The molecule has 6 heteroatoms. The van der Waals surface area contributed by atoms with Gasteiger partial charge < -0.3 is 4.74 Å². The number of thioether (sulfide) groups is 1. The summed E-state index contributed by atoms with van der Waals surface area (Å²) >= 11 is 1.65. The number of nitrogens with one attached hydrogen (secondary N) is 1. The van der Waals surface area contributed by atoms with Gasteiger partial charge in [-0.05, 0) is 68.1 Å². The highest BCUT2D eigenvalue weighted by molar-refractivity contribution is 7.99. The van der Waals surface area contributed by atoms with Gasteiger partial charge in [0.05, 0.1) is 22.9 Å². The third-order valence-electron chi connectivity index (χ3n) is 6.17. The Morgan fingerprint density at radius 1 is 1.00 bits per heavy atom. The van der Waals surface area contributed by atoms with Gasteiger partial charge in [-0.15, -0.1) is 11.8 Å². The molecular formula is C28H26N4OS. The summed E-state index contributed by atoms with van der Waals surface area (Å²) in [5, 5.41) is 12.0. The summed E-state index contributed by atoms with van der Waals surface area (Å²) in [7, 11) is 0. The SMILES string of the molecule is CSC1NN2C(c3ccc(C)cc3C)=CC(c3ccc(Oc4ccccc4)cc3)=NC2C1C#N. The van der Waals surface area contributed by atoms with Crippen molar-refractivity contribution in [2.24, 2.45) is 10.9 Å². The molecule has 1 fully saturated rings. The molecule has 2 heterocycles. The lowest BCUT2D eigenvalue weighted by Crippen LogP contribution is -2.39. The number of ether oxygens (including phenoxy) is 1. The van der Waals surface area contributed by atoms with Gasteiger partial charge in [0.2, 0.25) is 0 Å². The van der Waals surface area contributed by atoms with Crippen molar-refractivity contribution in [2.45, 2.75) is 25.4 Å². The van der Waals surface area contributed by atoms with Crippen molar-refractivity contribution in [2.75, 3.05) is 6.26 Å². The molecule has 34 heavy (non-hydrogen) atoms. The molecule has 0 saturated carbocycles. The maximum atomic E-state index is 9.95. The number of aliphatic imine (C=N–C) groups is 1. The summed E-state index contributed by atoms with van der Waals surface area (Å²) in [6.07, 6.45) is 3.85. The fourth-order valence-electron chi connectivity index (χ4n) is 4.46. The maximum Gasteiger partial charge on any atom is 0.154 e. The Balaban J connectivity index is 1.53. The predicted molar refractivity (Wildman–Crippen MR) is 139 cm³/mol. The number of nitriles is 1. The fraction of sp³-hybridized carbons (Fsp3) is 0.214. The Morgan fingerprint density at radius 2 is 1.74 bits per heavy atom. The van der Waals surface area contributed by atoms with E-state index in [4.69, 9.17) is 9.73 Å². The number of benzene rings is 3. The average molecular weight is 467 g/mol. The Hall–Kier alpha value is -3.53. The number of fused-ring (bicyclic) bond motifs is 1. The Kier molecular flexibility index (Phi) is 6.14. The highest BCUT2D eigenvalue weighted by Crippen LogP contribution is 2.38. The van der Waals surface area contributed by atoms with Gasteiger partial charge in [-0.2, -0.15) is 5.26 Å². The number of hydrazine groups is 1. The first-order valence-electron chi connectivity index (χ1n) is 11.3. The normalized spacial score (nSPS) is 21.4. The topological polar surface area (TPSA) is 60.6 Å². The Morgan fingerprint density at radius 3 is 2.41 bits per heavy atom. The molecule has 5 nitrogen and oxygen atoms in total. The minimum Gasteiger partial charge on any atom is -0.457 e. The van der Waals surface area contributed by atoms with Crippen LogP contribution in [0.5, 0.6) is 11.5 Å². The van der Waals surface area contributed by atoms with E-state index in [0.717, 1.165) is 34.0 Å². The molecule has 170 valence electrons. The zero-order valence-corrected chi connectivity index (χ0v) is 20.2. The van der Waals surface area contributed by atoms with Crippen LogP contribution < -0.4 is 10.2 Å². The standard InChI is InChI=1S/C28H26N4OS/c1-18-9-14-23(19(2)15-18)26-16-25(30-27-24(17-29)28(34-3)31-32(26)27)20-10-12-22(13-11-20)33-21-7-5-4-6-8-21/h4-16,24,27-28,31H,1-3H3. The van der Waals surface area contributed by atoms with Gasteiger partial charge in [-0.3, -0.25) is 10.0 Å². The fourth-order valence-corrected chi connectivity index (χ4v) is 5.17. The maximum absolute atomic E-state index is 9.95. The van der Waals surface area contributed by atoms with Gasteiger partial charge in [0.25, 0.3) is 0 Å². The van der Waals surface area contributed by atoms with Crippen LogP contribution in [0.2, 0.25) is 0 Å². The summed E-state index contributed by atoms with van der Waals surface area (Å²) in [5.41, 5.74) is 9.97. The van der Waals surface area contributed by atoms with Crippen LogP contribution in [0.4, 0.5) is 0 Å². The van der Waals surface area contributed by atoms with Crippen LogP contribution in [0, 0.1) is 31.1 Å². The molecule has 3 aromatic carbocycles. The number of aryl methyl sites for hydroxylation is 2. The molecule has 1 N–H and O–H groups in total. The van der Waals surface area contributed by atoms with Gasteiger partial charge in [-0.1, -0.05) is 42.0 Å². The number of hydrogen-bond donors (Lipinski definition) is 1. The predicted octanol–water partition coefficient (Wildman–Crippen LogP) is 5.91. The van der Waals surface area contributed by atoms with Crippen LogP contribution in [0.25, 0.3) is 5.70 Å². The second kappa shape index (κ2) is 9.38. The lowest BCUT2D eigenvalue weighted by Gasteiger charge is -2.32. The first-order valence-corrected chi connectivity index (χ1v) is 12.5. The Bertz CT molecular complexity index is 1290. The van der Waals surface area contributed by atoms with Crippen molar-refractivity contribution < 1.29 is 4.74 Å². The number of para-hydroxylation sites is 1. The van der Waals surface area contributed by atoms with Gasteiger partial charge in [-0.25, -0.2) is 5.43 Å². The highest BCUT2D eigenvalue weighted by atomic mass is 32.2. The second-order valence-electron chi connectivity index (χ2n) is 8.53. The van der Waals surface area contributed by atoms with Gasteiger partial charge in [0.15, 0.2) is 6.17 Å². The number of allylic oxidation sites excluding steroid dienone is 1. The lowest BCUT2D eigenvalue weighted by molar-refractivity contribution is 0.286. The van der Waals surface area contributed by atoms with E-state index < -0.39 is 0 Å². The third kappa shape index (κ3) is 4.21. The van der Waals surface area contributed by atoms with E-state index in [1.165, 1.54) is 11.1 Å². The zero-order valence-electron chi connectivity index (χ0n) is 19.4. The van der Waals surface area contributed by atoms with Crippen LogP contribution in [-0.2, 0) is 0 Å². The van der Waals surface area contributed by atoms with Gasteiger partial charge in [0.1, 0.15) is 17.4 Å². The second-order valence-corrected chi connectivity index (χ2v) is 9.50. The molecule has 0 spiro atoms. The summed E-state index contributed by atoms with van der Waals surface area (Å²) in [5.74, 6) is 1.31. The largest absolute Gasteiger partial charge is 0.457 e. The zero-order chi connectivity index (χ0) is 23.7. The van der Waals surface area contributed by atoms with Crippen molar-refractivity contribution in [1.29, 1.82) is 5.26 Å². The molecule has 0 bridgehead atoms. The molecule has 5 rings (SSSR count). The van der Waals surface area contributed by atoms with Gasteiger partial charge >= 0.3 is 0 Å². The van der Waals surface area contributed by atoms with Crippen LogP contribution in [0.15, 0.2) is 83.9 Å². The van der Waals surface area contributed by atoms with Crippen LogP contribution in [-0.4, -0.2) is 28.5 Å². The van der Waals surface area contributed by atoms with Gasteiger partial charge in [0, 0.05) is 11.1 Å². The van der Waals surface area contributed by atoms with Crippen molar-refractivity contribution in [3.63, 3.8) is 0 Å². The molecule has 3 aromatic rings. The van der Waals surface area contributed by atoms with E-state index in [9.17, 15) is 5.26 Å². The molecule has 2 aliphatic rings. The van der Waals surface area contributed by atoms with Crippen LogP contribution in [0.1, 0.15) is 22.3 Å². The summed E-state index contributed by atoms with van der Waals surface area (Å²) < 4.78 is 5.95. The van der Waals surface area contributed by atoms with Crippen molar-refractivity contribution >= 4 is 23.2 Å². The minimum absolute atomic E-state index is 0.0195. The van der Waals surface area contributed by atoms with E-state index in [1.54, 1.807) is 11.8 Å². The van der Waals surface area contributed by atoms with Crippen LogP contribution >= 0.6 is 11.8 Å². The average Bonchev–Trinajstić information content (AvgIpc) is 3.22. The van der Waals surface area contributed by atoms with E-state index >= 15 is 0 Å². The quantitative estimate of drug-likeness (QED) is 0.506. The first kappa shape index (κ1) is 22.3. The van der Waals surface area contributed by atoms with Crippen molar-refractivity contribution in [3.8, 4) is 17.6 Å². The van der Waals surface area contributed by atoms with Crippen molar-refractivity contribution in [3.05, 3.63) is 101 Å². The molecule has 0 aromatic heterocycles. The molecule has 2 aliphatic heterocycles. The highest BCUT2D eigenvalue weighted by Gasteiger charge is 2.44. The lowest BCUT2D eigenvalue weighted by atomic mass is 9.97. The van der Waals surface area contributed by atoms with E-state index in [0.29, 0.717) is 0 Å². The first-order chi connectivity index (χ1) is 16.6. The van der Waals surface area contributed by atoms with Crippen LogP contribution in [0.3, 0.4) is 0 Å². The third-order valence-corrected chi connectivity index (χ3v) is 7.08. The summed E-state index contributed by atoms with van der Waals surface area (Å²) in [6.45, 7) is 4.23. The molecule has 1 saturated heterocycles. The minimum atomic E-state index is -0.293. The monoisotopic (exact) mass is 466 g/mol. The number of rotatable bonds is 5. The number of nitrogens with zero attached hydrogens (tertiary/aromatic N) is 3. The molecule has 3 unspecified atom stereocenters. The molecule has 0 amide bonds. The molecule has 3 atom stereocenters. The number of hydrogen-bond acceptors (Lipinski definition) is 6. The molecule has 0 radical (unpaired) electrons. The Labute approximate surface area is 204 Å². The smallest absolute Gasteiger partial charge is 0.154 e. The molecule has 0 aliphatic carbocycles. The molecular weight excluding hydrogens is 440 g/mol. The summed E-state index contributed by atoms with van der Waals surface area (Å²) in [6, 6.07) is 26.7. The van der Waals surface area contributed by atoms with Crippen molar-refractivity contribution in [1.82, 2.24) is 10.4 Å². The van der Waals surface area contributed by atoms with E-state index in [-0.39, 0.29) is 17.5 Å². The van der Waals surface area contributed by atoms with E-state index in [1.807, 2.05) is 60.9 Å². The summed E-state index contributed by atoms with van der Waals surface area (Å²) in [4.78, 5) is 5.03.